The zero-order valence-corrected chi connectivity index (χ0v) is 85.4. The standard InChI is InChI=1S/4C11H24O2.C11H20O2.2C6H15N.C5H14N2.2C4H11N3.CH4.5Ag.HNO3.NO3/c5*1-10(2,3)8(12)7-9(13)11(4,5)6;2*1-4-7(5-2)6-3;6-4-2-1-3-5-7;2*5-1-3-7-4-2-6;;;;;;;2*2-1(3)4/h4*8-9,12-13H,7H2,1-6H3;7H2,1-6H3;2*4-6H2,1-3H3;1-7H2;2*5-7H,1-4H2;1H4;;;;;;(H,2,3,4);/q;;;;;;;;2*-2;;;;;;;;-1/p+1. The third-order valence-corrected chi connectivity index (χ3v) is 16.7. The second kappa shape index (κ2) is 87.2. The Hall–Kier alpha value is 0.721. The van der Waals surface area contributed by atoms with E-state index in [9.17, 15) is 50.4 Å². The number of quaternary nitrogens is 1. The predicted molar refractivity (Wildman–Crippen MR) is 462 cm³/mol. The fraction of sp³-hybridized carbons (Fsp3) is 0.975. The van der Waals surface area contributed by atoms with Gasteiger partial charge in [-0.25, -0.2) is 0 Å². The maximum atomic E-state index is 11.5. The molecule has 28 nitrogen and oxygen atoms in total. The SMILES string of the molecule is C.CC(C)(C)C(=O)CC(=O)C(C)(C)C.CC(C)(C)C(O)CC(O)C(C)(C)C.CC(C)(C)C(O)CC(O)C(C)(C)C.CC(C)(C)C(O)CC(O)C(C)(C)C.CC(C)(C)C(O)CC(O)C(C)(C)C.CCN(CC)CC.CC[NH+](CC)CC.NCCCCCN.O=[N+]([O-])O.O=[N+]([O-])[O-].[Ag].[Ag].[Ag].[Ag].[Ag].[NH-]CCNCC[NH-].[NH-]CCNCC[NH-]. The van der Waals surface area contributed by atoms with Gasteiger partial charge in [-0.05, 0) is 136 Å². The average molecular weight is 2130 g/mol. The first-order valence-electron chi connectivity index (χ1n) is 39.3. The smallest absolute Gasteiger partial charge is 0.291 e. The van der Waals surface area contributed by atoms with Crippen LogP contribution in [0, 0.1) is 79.6 Å². The summed E-state index contributed by atoms with van der Waals surface area (Å²) >= 11 is 0. The van der Waals surface area contributed by atoms with E-state index in [2.05, 4.69) is 57.1 Å². The molecule has 0 heterocycles. The maximum absolute atomic E-state index is 11.5. The normalized spacial score (nSPS) is 13.3. The largest absolute Gasteiger partial charge is 0.676 e. The van der Waals surface area contributed by atoms with Crippen molar-refractivity contribution in [1.29, 1.82) is 0 Å². The van der Waals surface area contributed by atoms with Crippen LogP contribution >= 0.6 is 0 Å². The average Bonchev–Trinajstić information content (AvgIpc) is 0.899. The molecule has 0 aliphatic heterocycles. The molecule has 0 rings (SSSR count). The molecule has 0 saturated carbocycles. The summed E-state index contributed by atoms with van der Waals surface area (Å²) in [6.45, 7) is 85.3. The molecule has 0 saturated heterocycles. The van der Waals surface area contributed by atoms with E-state index in [4.69, 9.17) is 65.0 Å². The number of nitrogens with two attached hydrogens (primary N) is 2. The van der Waals surface area contributed by atoms with Gasteiger partial charge in [-0.1, -0.05) is 242 Å². The number of nitrogens with zero attached hydrogens (tertiary/aromatic N) is 3. The van der Waals surface area contributed by atoms with Gasteiger partial charge in [-0.2, -0.15) is 0 Å². The second-order valence-corrected chi connectivity index (χ2v) is 37.6. The molecule has 8 unspecified atom stereocenters. The molecule has 0 aromatic rings. The minimum absolute atomic E-state index is 0. The fourth-order valence-corrected chi connectivity index (χ4v) is 6.84. The summed E-state index contributed by atoms with van der Waals surface area (Å²) in [6, 6.07) is 0. The molecule has 8 atom stereocenters. The Kier molecular flexibility index (Phi) is 121. The van der Waals surface area contributed by atoms with Crippen LogP contribution in [0.2, 0.25) is 0 Å². The van der Waals surface area contributed by atoms with E-state index in [0.717, 1.165) is 52.1 Å². The Bertz CT molecular complexity index is 1700. The van der Waals surface area contributed by atoms with Crippen LogP contribution < -0.4 is 27.0 Å². The van der Waals surface area contributed by atoms with E-state index in [-0.39, 0.29) is 181 Å². The summed E-state index contributed by atoms with van der Waals surface area (Å²) in [5.41, 5.74) is 35.1. The van der Waals surface area contributed by atoms with Gasteiger partial charge >= 0.3 is 0 Å². The van der Waals surface area contributed by atoms with Crippen molar-refractivity contribution in [2.24, 2.45) is 65.6 Å². The molecule has 0 fully saturated rings. The molecular formula is C81H188Ag5N12O16-4. The molecule has 5 radical (unpaired) electrons. The summed E-state index contributed by atoms with van der Waals surface area (Å²) in [5, 5.41) is 112. The molecule has 727 valence electrons. The number of aliphatic hydroxyl groups is 8. The number of nitrogens with one attached hydrogen (secondary N) is 7. The first-order chi connectivity index (χ1) is 48.1. The number of ketones is 2. The molecule has 0 amide bonds. The van der Waals surface area contributed by atoms with Gasteiger partial charge in [0.15, 0.2) is 0 Å². The summed E-state index contributed by atoms with van der Waals surface area (Å²) in [7, 11) is 0. The van der Waals surface area contributed by atoms with Gasteiger partial charge in [0.2, 0.25) is 0 Å². The Morgan fingerprint density at radius 2 is 0.509 bits per heavy atom. The van der Waals surface area contributed by atoms with Gasteiger partial charge in [-0.3, -0.25) is 9.59 Å². The minimum Gasteiger partial charge on any atom is -0.676 e. The number of hydrogen-bond donors (Lipinski definition) is 14. The van der Waals surface area contributed by atoms with Gasteiger partial charge in [-0.15, -0.1) is 36.3 Å². The van der Waals surface area contributed by atoms with Crippen molar-refractivity contribution >= 4 is 11.6 Å². The fourth-order valence-electron chi connectivity index (χ4n) is 6.84. The van der Waals surface area contributed by atoms with Crippen LogP contribution in [0.5, 0.6) is 0 Å². The third-order valence-electron chi connectivity index (χ3n) is 16.7. The van der Waals surface area contributed by atoms with Gasteiger partial charge in [0.25, 0.3) is 5.09 Å². The number of carbonyl (C=O) groups excluding carboxylic acids is 2. The molecule has 0 aliphatic rings. The topological polar surface area (TPSA) is 505 Å². The van der Waals surface area contributed by atoms with Crippen molar-refractivity contribution in [3.05, 3.63) is 48.4 Å². The molecule has 20 N–H and O–H groups in total. The van der Waals surface area contributed by atoms with Gasteiger partial charge in [0.1, 0.15) is 11.6 Å². The van der Waals surface area contributed by atoms with Crippen LogP contribution in [0.1, 0.15) is 308 Å². The van der Waals surface area contributed by atoms with E-state index in [1.165, 1.54) is 45.7 Å². The van der Waals surface area contributed by atoms with Crippen molar-refractivity contribution in [1.82, 2.24) is 15.5 Å². The van der Waals surface area contributed by atoms with E-state index in [1.807, 2.05) is 208 Å². The Labute approximate surface area is 778 Å². The van der Waals surface area contributed by atoms with E-state index < -0.39 is 69.8 Å². The number of rotatable bonds is 28. The molecule has 33 heteroatoms. The number of unbranched alkanes of at least 4 members (excludes halogenated alkanes) is 2. The number of Topliss-reactive ketones (excluding diaryl/α,β-unsaturated/α-hetero) is 2. The van der Waals surface area contributed by atoms with Crippen molar-refractivity contribution in [2.45, 2.75) is 357 Å². The Morgan fingerprint density at radius 3 is 0.579 bits per heavy atom. The van der Waals surface area contributed by atoms with E-state index >= 15 is 0 Å². The molecule has 0 aromatic carbocycles. The zero-order chi connectivity index (χ0) is 89.5. The van der Waals surface area contributed by atoms with E-state index in [0.29, 0.717) is 51.9 Å². The number of hydrogen-bond acceptors (Lipinski definition) is 20. The molecule has 0 bridgehead atoms. The molecule has 0 aromatic heterocycles. The number of carbonyl (C=O) groups is 2. The van der Waals surface area contributed by atoms with Crippen molar-refractivity contribution < 1.29 is 183 Å². The zero-order valence-electron chi connectivity index (χ0n) is 78.0. The Balaban J connectivity index is -0.0000000557. The summed E-state index contributed by atoms with van der Waals surface area (Å²) in [4.78, 5) is 43.7. The van der Waals surface area contributed by atoms with Gasteiger partial charge in [0.05, 0.1) is 80.0 Å². The second-order valence-electron chi connectivity index (χ2n) is 37.6. The minimum atomic E-state index is -1.75. The quantitative estimate of drug-likeness (QED) is 0.0114. The van der Waals surface area contributed by atoms with Gasteiger partial charge in [0, 0.05) is 148 Å². The first-order valence-corrected chi connectivity index (χ1v) is 39.3. The van der Waals surface area contributed by atoms with Crippen LogP contribution in [0.3, 0.4) is 0 Å². The van der Waals surface area contributed by atoms with Crippen LogP contribution in [0.4, 0.5) is 0 Å². The molecular weight excluding hydrogens is 1940 g/mol. The van der Waals surface area contributed by atoms with Crippen molar-refractivity contribution in [3.8, 4) is 0 Å². The van der Waals surface area contributed by atoms with E-state index in [1.54, 1.807) is 4.90 Å². The van der Waals surface area contributed by atoms with Crippen LogP contribution in [-0.4, -0.2) is 226 Å². The van der Waals surface area contributed by atoms with Crippen molar-refractivity contribution in [3.63, 3.8) is 0 Å². The first kappa shape index (κ1) is 159. The summed E-state index contributed by atoms with van der Waals surface area (Å²) in [6.07, 6.45) is 1.76. The van der Waals surface area contributed by atoms with Crippen LogP contribution in [-0.2, 0) is 121 Å². The molecule has 0 spiro atoms. The summed E-state index contributed by atoms with van der Waals surface area (Å²) in [5.74, 6) is 0.0415. The third kappa shape index (κ3) is 128. The summed E-state index contributed by atoms with van der Waals surface area (Å²) < 4.78 is 0. The van der Waals surface area contributed by atoms with Crippen LogP contribution in [0.15, 0.2) is 0 Å². The monoisotopic (exact) mass is 2120 g/mol. The van der Waals surface area contributed by atoms with Crippen molar-refractivity contribution in [2.75, 3.05) is 105 Å². The Morgan fingerprint density at radius 1 is 0.368 bits per heavy atom. The predicted octanol–water partition coefficient (Wildman–Crippen LogP) is 14.1. The molecule has 114 heavy (non-hydrogen) atoms. The van der Waals surface area contributed by atoms with Gasteiger partial charge < -0.3 is 116 Å². The maximum Gasteiger partial charge on any atom is 0.291 e. The molecule has 0 aliphatic carbocycles. The van der Waals surface area contributed by atoms with Crippen LogP contribution in [0.25, 0.3) is 22.9 Å². The number of aliphatic hydroxyl groups excluding tert-OH is 8.